The zero-order chi connectivity index (χ0) is 13.7. The average Bonchev–Trinajstić information content (AvgIpc) is 2.34. The normalized spacial score (nSPS) is 12.3. The Bertz CT molecular complexity index is 433. The van der Waals surface area contributed by atoms with Crippen LogP contribution in [0.25, 0.3) is 0 Å². The lowest BCUT2D eigenvalue weighted by molar-refractivity contribution is 0.199. The summed E-state index contributed by atoms with van der Waals surface area (Å²) in [5.41, 5.74) is 2.45. The first-order valence-corrected chi connectivity index (χ1v) is 6.39. The van der Waals surface area contributed by atoms with Crippen molar-refractivity contribution in [3.05, 3.63) is 29.3 Å². The Hall–Kier alpha value is -1.53. The van der Waals surface area contributed by atoms with E-state index < -0.39 is 6.10 Å². The van der Waals surface area contributed by atoms with Gasteiger partial charge in [-0.15, -0.1) is 0 Å². The summed E-state index contributed by atoms with van der Waals surface area (Å²) in [6.07, 6.45) is 0.571. The van der Waals surface area contributed by atoms with E-state index in [1.165, 1.54) is 0 Å². The number of aliphatic hydroxyl groups excluding tert-OH is 1. The van der Waals surface area contributed by atoms with Crippen molar-refractivity contribution >= 4 is 5.69 Å². The first-order chi connectivity index (χ1) is 8.45. The van der Waals surface area contributed by atoms with Crippen LogP contribution in [0.15, 0.2) is 18.2 Å². The van der Waals surface area contributed by atoms with Gasteiger partial charge in [-0.05, 0) is 31.4 Å². The number of hydrogen-bond acceptors (Lipinski definition) is 3. The van der Waals surface area contributed by atoms with Gasteiger partial charge in [0.1, 0.15) is 0 Å². The molecule has 0 saturated heterocycles. The van der Waals surface area contributed by atoms with Gasteiger partial charge in [0.05, 0.1) is 17.7 Å². The molecule has 0 fully saturated rings. The highest BCUT2D eigenvalue weighted by atomic mass is 16.3. The van der Waals surface area contributed by atoms with Gasteiger partial charge in [-0.1, -0.05) is 19.9 Å². The van der Waals surface area contributed by atoms with E-state index in [0.29, 0.717) is 11.5 Å². The van der Waals surface area contributed by atoms with Crippen LogP contribution < -0.4 is 4.90 Å². The Morgan fingerprint density at radius 3 is 2.50 bits per heavy atom. The Morgan fingerprint density at radius 2 is 2.00 bits per heavy atom. The van der Waals surface area contributed by atoms with Crippen LogP contribution in [0.3, 0.4) is 0 Å². The van der Waals surface area contributed by atoms with Gasteiger partial charge in [-0.25, -0.2) is 0 Å². The monoisotopic (exact) mass is 246 g/mol. The van der Waals surface area contributed by atoms with Crippen molar-refractivity contribution in [3.63, 3.8) is 0 Å². The van der Waals surface area contributed by atoms with Crippen molar-refractivity contribution in [2.45, 2.75) is 33.3 Å². The van der Waals surface area contributed by atoms with Gasteiger partial charge >= 0.3 is 0 Å². The maximum Gasteiger partial charge on any atom is 0.0992 e. The summed E-state index contributed by atoms with van der Waals surface area (Å²) < 4.78 is 0. The van der Waals surface area contributed by atoms with Crippen LogP contribution in [0.2, 0.25) is 0 Å². The van der Waals surface area contributed by atoms with Crippen LogP contribution in [0.4, 0.5) is 5.69 Å². The smallest absolute Gasteiger partial charge is 0.0992 e. The van der Waals surface area contributed by atoms with Crippen LogP contribution in [-0.2, 0) is 0 Å². The third-order valence-corrected chi connectivity index (χ3v) is 3.06. The standard InChI is InChI=1S/C15H22N2O/c1-11(2)7-8-17(4)15-9-13(10-16)5-6-14(15)12(3)18/h5-6,9,11-12,18H,7-8H2,1-4H3. The minimum atomic E-state index is -0.519. The highest BCUT2D eigenvalue weighted by molar-refractivity contribution is 5.58. The van der Waals surface area contributed by atoms with E-state index in [1.807, 2.05) is 19.2 Å². The molecule has 0 aliphatic carbocycles. The predicted octanol–water partition coefficient (Wildman–Crippen LogP) is 3.09. The average molecular weight is 246 g/mol. The van der Waals surface area contributed by atoms with Crippen LogP contribution in [-0.4, -0.2) is 18.7 Å². The third kappa shape index (κ3) is 3.75. The Kier molecular flexibility index (Phi) is 5.18. The molecule has 1 rings (SSSR count). The first kappa shape index (κ1) is 14.5. The van der Waals surface area contributed by atoms with Crippen molar-refractivity contribution in [1.29, 1.82) is 5.26 Å². The SMILES string of the molecule is CC(C)CCN(C)c1cc(C#N)ccc1C(C)O. The van der Waals surface area contributed by atoms with E-state index in [2.05, 4.69) is 24.8 Å². The lowest BCUT2D eigenvalue weighted by atomic mass is 10.0. The molecule has 0 spiro atoms. The third-order valence-electron chi connectivity index (χ3n) is 3.06. The van der Waals surface area contributed by atoms with Gasteiger partial charge in [0.2, 0.25) is 0 Å². The molecule has 3 nitrogen and oxygen atoms in total. The highest BCUT2D eigenvalue weighted by Crippen LogP contribution is 2.27. The molecule has 0 aliphatic heterocycles. The maximum absolute atomic E-state index is 9.78. The van der Waals surface area contributed by atoms with E-state index in [0.717, 1.165) is 24.2 Å². The van der Waals surface area contributed by atoms with Gasteiger partial charge in [0.25, 0.3) is 0 Å². The Labute approximate surface area is 110 Å². The molecule has 3 heteroatoms. The number of nitrogens with zero attached hydrogens (tertiary/aromatic N) is 2. The fraction of sp³-hybridized carbons (Fsp3) is 0.533. The second-order valence-electron chi connectivity index (χ2n) is 5.17. The second-order valence-corrected chi connectivity index (χ2v) is 5.17. The van der Waals surface area contributed by atoms with E-state index >= 15 is 0 Å². The lowest BCUT2D eigenvalue weighted by Crippen LogP contribution is -2.21. The summed E-state index contributed by atoms with van der Waals surface area (Å²) in [4.78, 5) is 2.11. The molecule has 0 radical (unpaired) electrons. The number of rotatable bonds is 5. The molecule has 1 atom stereocenters. The molecule has 0 aliphatic rings. The van der Waals surface area contributed by atoms with Crippen LogP contribution >= 0.6 is 0 Å². The maximum atomic E-state index is 9.78. The van der Waals surface area contributed by atoms with Crippen molar-refractivity contribution < 1.29 is 5.11 Å². The number of benzene rings is 1. The summed E-state index contributed by atoms with van der Waals surface area (Å²) >= 11 is 0. The van der Waals surface area contributed by atoms with E-state index in [4.69, 9.17) is 5.26 Å². The fourth-order valence-corrected chi connectivity index (χ4v) is 1.87. The summed E-state index contributed by atoms with van der Waals surface area (Å²) in [5.74, 6) is 0.640. The summed E-state index contributed by atoms with van der Waals surface area (Å²) in [6, 6.07) is 7.58. The molecule has 1 N–H and O–H groups in total. The van der Waals surface area contributed by atoms with Crippen LogP contribution in [0.1, 0.15) is 44.4 Å². The minimum Gasteiger partial charge on any atom is -0.389 e. The molecular formula is C15H22N2O. The van der Waals surface area contributed by atoms with E-state index in [9.17, 15) is 5.11 Å². The number of aliphatic hydroxyl groups is 1. The molecule has 0 bridgehead atoms. The van der Waals surface area contributed by atoms with Crippen molar-refractivity contribution in [2.24, 2.45) is 5.92 Å². The van der Waals surface area contributed by atoms with Crippen molar-refractivity contribution in [2.75, 3.05) is 18.5 Å². The highest BCUT2D eigenvalue weighted by Gasteiger charge is 2.12. The molecule has 1 unspecified atom stereocenters. The van der Waals surface area contributed by atoms with Gasteiger partial charge in [-0.2, -0.15) is 5.26 Å². The number of nitriles is 1. The number of hydrogen-bond donors (Lipinski definition) is 1. The molecule has 1 aromatic rings. The summed E-state index contributed by atoms with van der Waals surface area (Å²) in [7, 11) is 2.00. The van der Waals surface area contributed by atoms with Crippen molar-refractivity contribution in [3.8, 4) is 6.07 Å². The molecule has 0 aromatic heterocycles. The minimum absolute atomic E-state index is 0.519. The molecular weight excluding hydrogens is 224 g/mol. The van der Waals surface area contributed by atoms with Crippen LogP contribution in [0, 0.1) is 17.2 Å². The Morgan fingerprint density at radius 1 is 1.33 bits per heavy atom. The van der Waals surface area contributed by atoms with Gasteiger partial charge < -0.3 is 10.0 Å². The topological polar surface area (TPSA) is 47.3 Å². The Balaban J connectivity index is 3.00. The largest absolute Gasteiger partial charge is 0.389 e. The molecule has 0 saturated carbocycles. The zero-order valence-electron chi connectivity index (χ0n) is 11.6. The summed E-state index contributed by atoms with van der Waals surface area (Å²) in [5, 5.41) is 18.7. The fourth-order valence-electron chi connectivity index (χ4n) is 1.87. The first-order valence-electron chi connectivity index (χ1n) is 6.39. The summed E-state index contributed by atoms with van der Waals surface area (Å²) in [6.45, 7) is 7.05. The molecule has 0 amide bonds. The van der Waals surface area contributed by atoms with Gasteiger partial charge in [0.15, 0.2) is 0 Å². The zero-order valence-corrected chi connectivity index (χ0v) is 11.6. The molecule has 1 aromatic carbocycles. The van der Waals surface area contributed by atoms with E-state index in [1.54, 1.807) is 13.0 Å². The molecule has 98 valence electrons. The van der Waals surface area contributed by atoms with Gasteiger partial charge in [-0.3, -0.25) is 0 Å². The molecule has 0 heterocycles. The van der Waals surface area contributed by atoms with E-state index in [-0.39, 0.29) is 0 Å². The molecule has 18 heavy (non-hydrogen) atoms. The second kappa shape index (κ2) is 6.42. The lowest BCUT2D eigenvalue weighted by Gasteiger charge is -2.24. The van der Waals surface area contributed by atoms with Crippen molar-refractivity contribution in [1.82, 2.24) is 0 Å². The van der Waals surface area contributed by atoms with Gasteiger partial charge in [0, 0.05) is 24.8 Å². The quantitative estimate of drug-likeness (QED) is 0.868. The number of anilines is 1. The van der Waals surface area contributed by atoms with Crippen LogP contribution in [0.5, 0.6) is 0 Å². The predicted molar refractivity (Wildman–Crippen MR) is 74.5 cm³/mol.